The molecule has 1 heterocycles. The van der Waals surface area contributed by atoms with Crippen molar-refractivity contribution in [2.75, 3.05) is 25.5 Å². The van der Waals surface area contributed by atoms with Crippen molar-refractivity contribution in [1.29, 1.82) is 0 Å². The zero-order chi connectivity index (χ0) is 8.27. The van der Waals surface area contributed by atoms with Gasteiger partial charge < -0.3 is 4.90 Å². The Balaban J connectivity index is 2.27. The van der Waals surface area contributed by atoms with Gasteiger partial charge in [0.15, 0.2) is 0 Å². The van der Waals surface area contributed by atoms with Crippen LogP contribution in [0.1, 0.15) is 12.8 Å². The van der Waals surface area contributed by atoms with Crippen molar-refractivity contribution >= 4 is 15.9 Å². The van der Waals surface area contributed by atoms with E-state index in [1.165, 1.54) is 0 Å². The molecule has 0 bridgehead atoms. The monoisotopic (exact) mass is 223 g/mol. The summed E-state index contributed by atoms with van der Waals surface area (Å²) in [5, 5.41) is 0.501. The molecule has 3 heteroatoms. The number of hydrogen-bond donors (Lipinski definition) is 0. The predicted octanol–water partition coefficient (Wildman–Crippen LogP) is 2.06. The Morgan fingerprint density at radius 1 is 1.55 bits per heavy atom. The van der Waals surface area contributed by atoms with Crippen molar-refractivity contribution in [3.63, 3.8) is 0 Å². The van der Waals surface area contributed by atoms with E-state index in [1.54, 1.807) is 0 Å². The number of piperidine rings is 1. The molecule has 0 aromatic heterocycles. The van der Waals surface area contributed by atoms with Crippen LogP contribution >= 0.6 is 15.9 Å². The van der Waals surface area contributed by atoms with Gasteiger partial charge in [0.25, 0.3) is 0 Å². The lowest BCUT2D eigenvalue weighted by atomic mass is 9.93. The van der Waals surface area contributed by atoms with Gasteiger partial charge in [0, 0.05) is 5.33 Å². The fourth-order valence-corrected chi connectivity index (χ4v) is 2.04. The molecule has 1 aliphatic heterocycles. The summed E-state index contributed by atoms with van der Waals surface area (Å²) in [5.41, 5.74) is 0. The summed E-state index contributed by atoms with van der Waals surface area (Å²) in [6.45, 7) is 2.11. The molecule has 0 N–H and O–H groups in total. The molecule has 66 valence electrons. The van der Waals surface area contributed by atoms with Gasteiger partial charge in [-0.25, -0.2) is 4.39 Å². The van der Waals surface area contributed by atoms with Crippen LogP contribution in [0.4, 0.5) is 4.39 Å². The highest BCUT2D eigenvalue weighted by Gasteiger charge is 2.23. The predicted molar refractivity (Wildman–Crippen MR) is 48.9 cm³/mol. The number of hydrogen-bond acceptors (Lipinski definition) is 1. The van der Waals surface area contributed by atoms with E-state index in [-0.39, 0.29) is 0 Å². The lowest BCUT2D eigenvalue weighted by Crippen LogP contribution is -2.34. The Morgan fingerprint density at radius 3 is 2.55 bits per heavy atom. The molecule has 0 aromatic rings. The Labute approximate surface area is 76.1 Å². The third-order valence-electron chi connectivity index (χ3n) is 2.42. The van der Waals surface area contributed by atoms with Crippen LogP contribution in [0.25, 0.3) is 0 Å². The topological polar surface area (TPSA) is 3.24 Å². The molecule has 1 unspecified atom stereocenters. The number of likely N-dealkylation sites (tertiary alicyclic amines) is 1. The first-order valence-electron chi connectivity index (χ1n) is 4.12. The van der Waals surface area contributed by atoms with Crippen molar-refractivity contribution in [3.05, 3.63) is 0 Å². The Bertz CT molecular complexity index is 113. The van der Waals surface area contributed by atoms with Crippen molar-refractivity contribution in [3.8, 4) is 0 Å². The van der Waals surface area contributed by atoms with Crippen molar-refractivity contribution in [1.82, 2.24) is 4.90 Å². The molecule has 0 aliphatic carbocycles. The van der Waals surface area contributed by atoms with E-state index in [0.717, 1.165) is 25.9 Å². The summed E-state index contributed by atoms with van der Waals surface area (Å²) in [5.74, 6) is 0.297. The molecule has 1 rings (SSSR count). The van der Waals surface area contributed by atoms with Crippen LogP contribution in [0.3, 0.4) is 0 Å². The lowest BCUT2D eigenvalue weighted by Gasteiger charge is -2.30. The summed E-state index contributed by atoms with van der Waals surface area (Å²) in [6.07, 6.45) is 1.40. The van der Waals surface area contributed by atoms with Crippen LogP contribution in [0, 0.1) is 5.92 Å². The molecule has 0 radical (unpaired) electrons. The van der Waals surface area contributed by atoms with E-state index in [2.05, 4.69) is 27.9 Å². The molecule has 0 spiro atoms. The van der Waals surface area contributed by atoms with Gasteiger partial charge in [0.05, 0.1) is 0 Å². The maximum absolute atomic E-state index is 13.1. The maximum atomic E-state index is 13.1. The van der Waals surface area contributed by atoms with Gasteiger partial charge in [0.2, 0.25) is 0 Å². The molecule has 1 saturated heterocycles. The molecule has 1 aliphatic rings. The average molecular weight is 224 g/mol. The van der Waals surface area contributed by atoms with E-state index >= 15 is 0 Å². The Kier molecular flexibility index (Phi) is 3.79. The van der Waals surface area contributed by atoms with Gasteiger partial charge in [-0.1, -0.05) is 15.9 Å². The lowest BCUT2D eigenvalue weighted by molar-refractivity contribution is 0.150. The van der Waals surface area contributed by atoms with E-state index in [1.807, 2.05) is 0 Å². The van der Waals surface area contributed by atoms with Crippen LogP contribution in [-0.4, -0.2) is 36.5 Å². The number of nitrogens with zero attached hydrogens (tertiary/aromatic N) is 1. The first kappa shape index (κ1) is 9.46. The van der Waals surface area contributed by atoms with Crippen molar-refractivity contribution < 1.29 is 4.39 Å². The molecule has 11 heavy (non-hydrogen) atoms. The number of rotatable bonds is 2. The van der Waals surface area contributed by atoms with Gasteiger partial charge in [-0.05, 0) is 38.9 Å². The van der Waals surface area contributed by atoms with Crippen LogP contribution in [0.2, 0.25) is 0 Å². The molecule has 0 aromatic carbocycles. The molecular weight excluding hydrogens is 209 g/mol. The van der Waals surface area contributed by atoms with Gasteiger partial charge in [-0.15, -0.1) is 0 Å². The molecule has 1 nitrogen and oxygen atoms in total. The summed E-state index contributed by atoms with van der Waals surface area (Å²) in [7, 11) is 2.09. The van der Waals surface area contributed by atoms with Gasteiger partial charge in [-0.3, -0.25) is 0 Å². The molecule has 0 amide bonds. The van der Waals surface area contributed by atoms with Crippen LogP contribution < -0.4 is 0 Å². The van der Waals surface area contributed by atoms with Gasteiger partial charge in [-0.2, -0.15) is 0 Å². The van der Waals surface area contributed by atoms with Crippen LogP contribution in [0.15, 0.2) is 0 Å². The van der Waals surface area contributed by atoms with E-state index in [9.17, 15) is 4.39 Å². The van der Waals surface area contributed by atoms with Gasteiger partial charge >= 0.3 is 0 Å². The minimum atomic E-state index is -0.635. The highest BCUT2D eigenvalue weighted by molar-refractivity contribution is 9.09. The van der Waals surface area contributed by atoms with Crippen LogP contribution in [-0.2, 0) is 0 Å². The SMILES string of the molecule is CN1CCC(C(F)CBr)CC1. The summed E-state index contributed by atoms with van der Waals surface area (Å²) >= 11 is 3.18. The second-order valence-corrected chi connectivity index (χ2v) is 3.96. The molecule has 1 fully saturated rings. The Morgan fingerprint density at radius 2 is 2.09 bits per heavy atom. The van der Waals surface area contributed by atoms with Crippen LogP contribution in [0.5, 0.6) is 0 Å². The normalized spacial score (nSPS) is 25.4. The second-order valence-electron chi connectivity index (χ2n) is 3.31. The third-order valence-corrected chi connectivity index (χ3v) is 3.04. The first-order valence-corrected chi connectivity index (χ1v) is 5.24. The smallest absolute Gasteiger partial charge is 0.113 e. The standard InChI is InChI=1S/C8H15BrFN/c1-11-4-2-7(3-5-11)8(10)6-9/h7-8H,2-6H2,1H3. The maximum Gasteiger partial charge on any atom is 0.113 e. The van der Waals surface area contributed by atoms with E-state index < -0.39 is 6.17 Å². The minimum Gasteiger partial charge on any atom is -0.306 e. The molecular formula is C8H15BrFN. The fourth-order valence-electron chi connectivity index (χ4n) is 1.52. The van der Waals surface area contributed by atoms with Crippen molar-refractivity contribution in [2.45, 2.75) is 19.0 Å². The highest BCUT2D eigenvalue weighted by Crippen LogP contribution is 2.22. The first-order chi connectivity index (χ1) is 5.24. The number of alkyl halides is 2. The average Bonchev–Trinajstić information content (AvgIpc) is 2.05. The number of halogens is 2. The zero-order valence-electron chi connectivity index (χ0n) is 6.89. The van der Waals surface area contributed by atoms with Gasteiger partial charge in [0.1, 0.15) is 6.17 Å². The molecule has 0 saturated carbocycles. The van der Waals surface area contributed by atoms with E-state index in [4.69, 9.17) is 0 Å². The highest BCUT2D eigenvalue weighted by atomic mass is 79.9. The quantitative estimate of drug-likeness (QED) is 0.649. The third kappa shape index (κ3) is 2.71. The zero-order valence-corrected chi connectivity index (χ0v) is 8.48. The summed E-state index contributed by atoms with van der Waals surface area (Å²) in [4.78, 5) is 2.26. The summed E-state index contributed by atoms with van der Waals surface area (Å²) < 4.78 is 13.1. The van der Waals surface area contributed by atoms with Crippen molar-refractivity contribution in [2.24, 2.45) is 5.92 Å². The Hall–Kier alpha value is 0.370. The second kappa shape index (κ2) is 4.41. The van der Waals surface area contributed by atoms with E-state index in [0.29, 0.717) is 11.2 Å². The minimum absolute atomic E-state index is 0.297. The summed E-state index contributed by atoms with van der Waals surface area (Å²) in [6, 6.07) is 0. The largest absolute Gasteiger partial charge is 0.306 e. The fraction of sp³-hybridized carbons (Fsp3) is 1.00. The molecule has 1 atom stereocenters.